The van der Waals surface area contributed by atoms with Gasteiger partial charge in [-0.3, -0.25) is 9.59 Å². The lowest BCUT2D eigenvalue weighted by Gasteiger charge is -2.37. The quantitative estimate of drug-likeness (QED) is 0.723. The van der Waals surface area contributed by atoms with Gasteiger partial charge in [-0.25, -0.2) is 12.8 Å². The first-order valence-electron chi connectivity index (χ1n) is 11.2. The first kappa shape index (κ1) is 23.4. The van der Waals surface area contributed by atoms with Crippen LogP contribution < -0.4 is 5.32 Å². The average Bonchev–Trinajstić information content (AvgIpc) is 2.85. The number of nitrogens with zero attached hydrogens (tertiary/aromatic N) is 2. The molecule has 9 heteroatoms. The summed E-state index contributed by atoms with van der Waals surface area (Å²) in [5, 5.41) is 3.03. The summed E-state index contributed by atoms with van der Waals surface area (Å²) >= 11 is 0. The van der Waals surface area contributed by atoms with Crippen molar-refractivity contribution < 1.29 is 22.4 Å². The molecule has 2 aromatic rings. The molecule has 0 saturated carbocycles. The van der Waals surface area contributed by atoms with Crippen LogP contribution in [-0.2, 0) is 14.8 Å². The lowest BCUT2D eigenvalue weighted by Crippen LogP contribution is -2.51. The molecule has 0 bridgehead atoms. The van der Waals surface area contributed by atoms with Crippen molar-refractivity contribution in [1.29, 1.82) is 0 Å². The highest BCUT2D eigenvalue weighted by Gasteiger charge is 2.36. The minimum Gasteiger partial charge on any atom is -0.349 e. The van der Waals surface area contributed by atoms with Gasteiger partial charge < -0.3 is 10.2 Å². The Balaban J connectivity index is 1.32. The van der Waals surface area contributed by atoms with E-state index >= 15 is 0 Å². The Hall–Kier alpha value is -2.78. The van der Waals surface area contributed by atoms with Crippen LogP contribution in [0.15, 0.2) is 59.5 Å². The molecule has 2 saturated heterocycles. The molecule has 2 fully saturated rings. The maximum atomic E-state index is 13.2. The van der Waals surface area contributed by atoms with Crippen molar-refractivity contribution in [2.24, 2.45) is 5.92 Å². The zero-order valence-corrected chi connectivity index (χ0v) is 19.1. The van der Waals surface area contributed by atoms with Gasteiger partial charge >= 0.3 is 0 Å². The third-order valence-electron chi connectivity index (χ3n) is 6.36. The van der Waals surface area contributed by atoms with Crippen molar-refractivity contribution in [1.82, 2.24) is 14.5 Å². The van der Waals surface area contributed by atoms with Gasteiger partial charge in [-0.1, -0.05) is 18.2 Å². The first-order valence-corrected chi connectivity index (χ1v) is 12.7. The summed E-state index contributed by atoms with van der Waals surface area (Å²) in [6.07, 6.45) is 2.56. The van der Waals surface area contributed by atoms with Crippen LogP contribution in [0.2, 0.25) is 0 Å². The topological polar surface area (TPSA) is 86.8 Å². The molecule has 1 N–H and O–H groups in total. The number of amides is 2. The Bertz CT molecular complexity index is 1080. The summed E-state index contributed by atoms with van der Waals surface area (Å²) in [5.41, 5.74) is 0.612. The Labute approximate surface area is 193 Å². The molecule has 1 atom stereocenters. The molecule has 0 aliphatic carbocycles. The first-order chi connectivity index (χ1) is 15.8. The number of benzene rings is 2. The maximum Gasteiger partial charge on any atom is 0.251 e. The van der Waals surface area contributed by atoms with Crippen molar-refractivity contribution in [3.05, 3.63) is 66.0 Å². The molecule has 2 aliphatic rings. The maximum absolute atomic E-state index is 13.2. The predicted molar refractivity (Wildman–Crippen MR) is 121 cm³/mol. The van der Waals surface area contributed by atoms with Gasteiger partial charge in [0.25, 0.3) is 5.91 Å². The number of rotatable bonds is 5. The summed E-state index contributed by atoms with van der Waals surface area (Å²) in [6.45, 7) is 1.53. The summed E-state index contributed by atoms with van der Waals surface area (Å²) in [7, 11) is -3.78. The van der Waals surface area contributed by atoms with Crippen LogP contribution in [0.5, 0.6) is 0 Å². The molecule has 0 aromatic heterocycles. The molecule has 4 rings (SSSR count). The zero-order chi connectivity index (χ0) is 23.4. The molecule has 0 radical (unpaired) electrons. The summed E-state index contributed by atoms with van der Waals surface area (Å²) in [4.78, 5) is 27.3. The van der Waals surface area contributed by atoms with Gasteiger partial charge in [0.15, 0.2) is 0 Å². The third kappa shape index (κ3) is 5.42. The van der Waals surface area contributed by atoms with Gasteiger partial charge in [-0.15, -0.1) is 0 Å². The van der Waals surface area contributed by atoms with Crippen LogP contribution in [0.1, 0.15) is 36.0 Å². The molecule has 2 aliphatic heterocycles. The van der Waals surface area contributed by atoms with E-state index in [1.165, 1.54) is 16.4 Å². The average molecular weight is 474 g/mol. The molecule has 2 amide bonds. The van der Waals surface area contributed by atoms with E-state index in [0.717, 1.165) is 12.1 Å². The van der Waals surface area contributed by atoms with Gasteiger partial charge in [-0.05, 0) is 62.1 Å². The number of hydrogen-bond acceptors (Lipinski definition) is 4. The van der Waals surface area contributed by atoms with Crippen LogP contribution in [0.25, 0.3) is 0 Å². The minimum absolute atomic E-state index is 0.00321. The Kier molecular flexibility index (Phi) is 7.09. The third-order valence-corrected chi connectivity index (χ3v) is 8.24. The van der Waals surface area contributed by atoms with Crippen LogP contribution in [-0.4, -0.2) is 61.7 Å². The fourth-order valence-corrected chi connectivity index (χ4v) is 6.00. The molecule has 0 unspecified atom stereocenters. The highest BCUT2D eigenvalue weighted by molar-refractivity contribution is 7.89. The van der Waals surface area contributed by atoms with E-state index in [-0.39, 0.29) is 29.3 Å². The van der Waals surface area contributed by atoms with Crippen molar-refractivity contribution in [2.45, 2.75) is 36.6 Å². The highest BCUT2D eigenvalue weighted by atomic mass is 32.2. The lowest BCUT2D eigenvalue weighted by molar-refractivity contribution is -0.137. The number of carbonyl (C=O) groups excluding carboxylic acids is 2. The van der Waals surface area contributed by atoms with E-state index < -0.39 is 21.8 Å². The monoisotopic (exact) mass is 473 g/mol. The fourth-order valence-electron chi connectivity index (χ4n) is 4.48. The molecule has 33 heavy (non-hydrogen) atoms. The van der Waals surface area contributed by atoms with Crippen LogP contribution in [0, 0.1) is 11.7 Å². The van der Waals surface area contributed by atoms with Crippen molar-refractivity contribution in [2.75, 3.05) is 26.2 Å². The van der Waals surface area contributed by atoms with Crippen molar-refractivity contribution in [3.63, 3.8) is 0 Å². The molecule has 7 nitrogen and oxygen atoms in total. The van der Waals surface area contributed by atoms with Crippen LogP contribution >= 0.6 is 0 Å². The van der Waals surface area contributed by atoms with Gasteiger partial charge in [0.05, 0.1) is 10.8 Å². The van der Waals surface area contributed by atoms with Gasteiger partial charge in [0.2, 0.25) is 15.9 Å². The number of likely N-dealkylation sites (tertiary alicyclic amines) is 1. The van der Waals surface area contributed by atoms with Gasteiger partial charge in [0.1, 0.15) is 5.82 Å². The molecule has 2 heterocycles. The number of sulfonamides is 1. The molecular weight excluding hydrogens is 445 g/mol. The summed E-state index contributed by atoms with van der Waals surface area (Å²) in [5.74, 6) is -1.05. The lowest BCUT2D eigenvalue weighted by atomic mass is 9.96. The Morgan fingerprint density at radius 3 is 2.24 bits per heavy atom. The standard InChI is InChI=1S/C24H28FN3O4S/c25-20-8-10-22(11-9-20)33(31,32)28-14-4-7-19(17-28)24(30)27-15-12-21(13-16-27)26-23(29)18-5-2-1-3-6-18/h1-3,5-6,8-11,19,21H,4,7,12-17H2,(H,26,29)/t19-/m0/s1. The number of carbonyl (C=O) groups is 2. The van der Waals surface area contributed by atoms with E-state index in [1.54, 1.807) is 17.0 Å². The van der Waals surface area contributed by atoms with Crippen molar-refractivity contribution >= 4 is 21.8 Å². The second-order valence-corrected chi connectivity index (χ2v) is 10.5. The van der Waals surface area contributed by atoms with Crippen LogP contribution in [0.4, 0.5) is 4.39 Å². The normalized spacial score (nSPS) is 20.4. The largest absolute Gasteiger partial charge is 0.349 e. The second-order valence-electron chi connectivity index (χ2n) is 8.60. The van der Waals surface area contributed by atoms with E-state index in [0.29, 0.717) is 50.9 Å². The van der Waals surface area contributed by atoms with Crippen LogP contribution in [0.3, 0.4) is 0 Å². The molecule has 2 aromatic carbocycles. The van der Waals surface area contributed by atoms with E-state index in [4.69, 9.17) is 0 Å². The summed E-state index contributed by atoms with van der Waals surface area (Å²) in [6, 6.07) is 13.8. The molecular formula is C24H28FN3O4S. The second kappa shape index (κ2) is 10.0. The van der Waals surface area contributed by atoms with Gasteiger partial charge in [0, 0.05) is 37.8 Å². The van der Waals surface area contributed by atoms with E-state index in [2.05, 4.69) is 5.32 Å². The predicted octanol–water partition coefficient (Wildman–Crippen LogP) is 2.65. The van der Waals surface area contributed by atoms with Crippen molar-refractivity contribution in [3.8, 4) is 0 Å². The number of nitrogens with one attached hydrogen (secondary N) is 1. The van der Waals surface area contributed by atoms with E-state index in [1.807, 2.05) is 18.2 Å². The Morgan fingerprint density at radius 1 is 0.909 bits per heavy atom. The van der Waals surface area contributed by atoms with E-state index in [9.17, 15) is 22.4 Å². The summed E-state index contributed by atoms with van der Waals surface area (Å²) < 4.78 is 40.4. The highest BCUT2D eigenvalue weighted by Crippen LogP contribution is 2.26. The number of halogens is 1. The fraction of sp³-hybridized carbons (Fsp3) is 0.417. The number of hydrogen-bond donors (Lipinski definition) is 1. The smallest absolute Gasteiger partial charge is 0.251 e. The molecule has 0 spiro atoms. The molecule has 176 valence electrons. The zero-order valence-electron chi connectivity index (χ0n) is 18.3. The Morgan fingerprint density at radius 2 is 1.58 bits per heavy atom. The SMILES string of the molecule is O=C(NC1CCN(C(=O)[C@H]2CCCN(S(=O)(=O)c3ccc(F)cc3)C2)CC1)c1ccccc1. The van der Waals surface area contributed by atoms with Gasteiger partial charge in [-0.2, -0.15) is 4.31 Å². The minimum atomic E-state index is -3.78. The number of piperidine rings is 2.